The van der Waals surface area contributed by atoms with E-state index in [2.05, 4.69) is 10.3 Å². The topological polar surface area (TPSA) is 75.4 Å². The average Bonchev–Trinajstić information content (AvgIpc) is 2.99. The quantitative estimate of drug-likeness (QED) is 0.759. The predicted molar refractivity (Wildman–Crippen MR) is 78.5 cm³/mol. The van der Waals surface area contributed by atoms with Crippen LogP contribution in [-0.2, 0) is 0 Å². The fourth-order valence-corrected chi connectivity index (χ4v) is 1.98. The first kappa shape index (κ1) is 14.7. The molecule has 5 nitrogen and oxygen atoms in total. The highest BCUT2D eigenvalue weighted by molar-refractivity contribution is 5.89. The fourth-order valence-electron chi connectivity index (χ4n) is 1.98. The van der Waals surface area contributed by atoms with Crippen molar-refractivity contribution < 1.29 is 23.1 Å². The molecule has 1 heterocycles. The number of halogens is 2. The van der Waals surface area contributed by atoms with E-state index in [4.69, 9.17) is 9.52 Å². The van der Waals surface area contributed by atoms with Crippen LogP contribution in [0.3, 0.4) is 0 Å². The number of anilines is 2. The number of nitrogens with one attached hydrogen (secondary N) is 1. The van der Waals surface area contributed by atoms with Gasteiger partial charge in [-0.15, -0.1) is 0 Å². The van der Waals surface area contributed by atoms with Gasteiger partial charge in [0.1, 0.15) is 11.6 Å². The number of aromatic nitrogens is 1. The Balaban J connectivity index is 1.86. The fraction of sp³-hybridized carbons (Fsp3) is 0. The summed E-state index contributed by atoms with van der Waals surface area (Å²) in [5, 5.41) is 11.6. The number of hydrogen-bond donors (Lipinski definition) is 2. The van der Waals surface area contributed by atoms with Crippen LogP contribution in [0.2, 0.25) is 0 Å². The van der Waals surface area contributed by atoms with Gasteiger partial charge in [0.15, 0.2) is 5.76 Å². The minimum Gasteiger partial charge on any atom is -0.478 e. The summed E-state index contributed by atoms with van der Waals surface area (Å²) in [7, 11) is 0. The Morgan fingerprint density at radius 1 is 1.17 bits per heavy atom. The average molecular weight is 316 g/mol. The van der Waals surface area contributed by atoms with Gasteiger partial charge in [0.05, 0.1) is 17.4 Å². The molecule has 0 radical (unpaired) electrons. The highest BCUT2D eigenvalue weighted by Gasteiger charge is 2.11. The number of hydrogen-bond acceptors (Lipinski definition) is 4. The summed E-state index contributed by atoms with van der Waals surface area (Å²) in [5.74, 6) is -2.21. The van der Waals surface area contributed by atoms with Gasteiger partial charge in [-0.3, -0.25) is 0 Å². The third-order valence-corrected chi connectivity index (χ3v) is 3.07. The van der Waals surface area contributed by atoms with Crippen LogP contribution in [0.4, 0.5) is 20.5 Å². The van der Waals surface area contributed by atoms with E-state index in [0.717, 1.165) is 12.1 Å². The highest BCUT2D eigenvalue weighted by atomic mass is 19.1. The van der Waals surface area contributed by atoms with Gasteiger partial charge in [0.2, 0.25) is 0 Å². The molecule has 0 aliphatic heterocycles. The Morgan fingerprint density at radius 3 is 2.74 bits per heavy atom. The molecule has 0 fully saturated rings. The Bertz CT molecular complexity index is 877. The summed E-state index contributed by atoms with van der Waals surface area (Å²) in [4.78, 5) is 14.9. The zero-order valence-electron chi connectivity index (χ0n) is 11.6. The Hall–Kier alpha value is -3.22. The number of benzene rings is 2. The molecule has 23 heavy (non-hydrogen) atoms. The van der Waals surface area contributed by atoms with E-state index in [0.29, 0.717) is 11.3 Å². The normalized spacial score (nSPS) is 10.5. The zero-order valence-corrected chi connectivity index (χ0v) is 11.6. The maximum atomic E-state index is 13.6. The van der Waals surface area contributed by atoms with Crippen molar-refractivity contribution in [2.75, 3.05) is 5.32 Å². The van der Waals surface area contributed by atoms with Gasteiger partial charge >= 0.3 is 5.97 Å². The molecule has 3 aromatic rings. The molecule has 0 aliphatic carbocycles. The molecular formula is C16H10F2N2O3. The number of carbonyl (C=O) groups is 1. The SMILES string of the molecule is O=C(O)c1cccc(-c2cnc(Nc3ccc(F)cc3F)o2)c1. The molecular weight excluding hydrogens is 306 g/mol. The van der Waals surface area contributed by atoms with Gasteiger partial charge in [-0.25, -0.2) is 18.6 Å². The van der Waals surface area contributed by atoms with E-state index in [1.807, 2.05) is 0 Å². The molecule has 0 unspecified atom stereocenters. The lowest BCUT2D eigenvalue weighted by Gasteiger charge is -2.03. The van der Waals surface area contributed by atoms with Crippen molar-refractivity contribution in [1.82, 2.24) is 4.98 Å². The van der Waals surface area contributed by atoms with Crippen molar-refractivity contribution in [3.05, 3.63) is 65.9 Å². The van der Waals surface area contributed by atoms with E-state index in [1.165, 1.54) is 24.4 Å². The van der Waals surface area contributed by atoms with Crippen molar-refractivity contribution in [2.45, 2.75) is 0 Å². The van der Waals surface area contributed by atoms with Crippen LogP contribution >= 0.6 is 0 Å². The Morgan fingerprint density at radius 2 is 2.00 bits per heavy atom. The molecule has 0 saturated carbocycles. The van der Waals surface area contributed by atoms with Crippen LogP contribution in [0.1, 0.15) is 10.4 Å². The molecule has 1 aromatic heterocycles. The number of aromatic carboxylic acids is 1. The predicted octanol–water partition coefficient (Wildman–Crippen LogP) is 4.06. The lowest BCUT2D eigenvalue weighted by atomic mass is 10.1. The molecule has 0 saturated heterocycles. The van der Waals surface area contributed by atoms with Crippen molar-refractivity contribution in [2.24, 2.45) is 0 Å². The number of oxazole rings is 1. The number of carboxylic acids is 1. The molecule has 0 aliphatic rings. The second-order valence-electron chi connectivity index (χ2n) is 4.66. The maximum Gasteiger partial charge on any atom is 0.335 e. The van der Waals surface area contributed by atoms with Gasteiger partial charge in [0, 0.05) is 11.6 Å². The van der Waals surface area contributed by atoms with Crippen molar-refractivity contribution in [1.29, 1.82) is 0 Å². The van der Waals surface area contributed by atoms with Crippen LogP contribution in [0.25, 0.3) is 11.3 Å². The van der Waals surface area contributed by atoms with Crippen LogP contribution in [0.15, 0.2) is 53.1 Å². The van der Waals surface area contributed by atoms with Crippen LogP contribution < -0.4 is 5.32 Å². The summed E-state index contributed by atoms with van der Waals surface area (Å²) >= 11 is 0. The summed E-state index contributed by atoms with van der Waals surface area (Å²) in [6, 6.07) is 9.20. The van der Waals surface area contributed by atoms with E-state index in [1.54, 1.807) is 12.1 Å². The molecule has 2 aromatic carbocycles. The van der Waals surface area contributed by atoms with Gasteiger partial charge in [-0.2, -0.15) is 0 Å². The van der Waals surface area contributed by atoms with E-state index >= 15 is 0 Å². The zero-order chi connectivity index (χ0) is 16.4. The molecule has 2 N–H and O–H groups in total. The monoisotopic (exact) mass is 316 g/mol. The van der Waals surface area contributed by atoms with Crippen LogP contribution in [0, 0.1) is 11.6 Å². The van der Waals surface area contributed by atoms with Crippen molar-refractivity contribution >= 4 is 17.7 Å². The Kier molecular flexibility index (Phi) is 3.76. The van der Waals surface area contributed by atoms with Gasteiger partial charge in [-0.1, -0.05) is 12.1 Å². The molecule has 0 bridgehead atoms. The molecule has 3 rings (SSSR count). The standard InChI is InChI=1S/C16H10F2N2O3/c17-11-4-5-13(12(18)7-11)20-16-19-8-14(23-16)9-2-1-3-10(6-9)15(21)22/h1-8H,(H,19,20)(H,21,22). The summed E-state index contributed by atoms with van der Waals surface area (Å²) in [5.41, 5.74) is 0.641. The highest BCUT2D eigenvalue weighted by Crippen LogP contribution is 2.26. The first-order chi connectivity index (χ1) is 11.0. The van der Waals surface area contributed by atoms with E-state index < -0.39 is 17.6 Å². The Labute approximate surface area is 129 Å². The van der Waals surface area contributed by atoms with E-state index in [9.17, 15) is 13.6 Å². The molecule has 0 atom stereocenters. The number of nitrogens with zero attached hydrogens (tertiary/aromatic N) is 1. The van der Waals surface area contributed by atoms with Gasteiger partial charge < -0.3 is 14.8 Å². The largest absolute Gasteiger partial charge is 0.478 e. The molecule has 7 heteroatoms. The third kappa shape index (κ3) is 3.18. The summed E-state index contributed by atoms with van der Waals surface area (Å²) < 4.78 is 31.8. The second-order valence-corrected chi connectivity index (χ2v) is 4.66. The van der Waals surface area contributed by atoms with Gasteiger partial charge in [0.25, 0.3) is 6.01 Å². The summed E-state index contributed by atoms with van der Waals surface area (Å²) in [6.07, 6.45) is 1.38. The van der Waals surface area contributed by atoms with Crippen LogP contribution in [-0.4, -0.2) is 16.1 Å². The first-order valence-corrected chi connectivity index (χ1v) is 6.54. The lowest BCUT2D eigenvalue weighted by Crippen LogP contribution is -1.95. The molecule has 116 valence electrons. The van der Waals surface area contributed by atoms with E-state index in [-0.39, 0.29) is 17.3 Å². The van der Waals surface area contributed by atoms with Crippen molar-refractivity contribution in [3.8, 4) is 11.3 Å². The van der Waals surface area contributed by atoms with Crippen LogP contribution in [0.5, 0.6) is 0 Å². The summed E-state index contributed by atoms with van der Waals surface area (Å²) in [6.45, 7) is 0. The maximum absolute atomic E-state index is 13.6. The van der Waals surface area contributed by atoms with Gasteiger partial charge in [-0.05, 0) is 24.3 Å². The first-order valence-electron chi connectivity index (χ1n) is 6.54. The molecule has 0 amide bonds. The second kappa shape index (κ2) is 5.88. The third-order valence-electron chi connectivity index (χ3n) is 3.07. The van der Waals surface area contributed by atoms with Crippen molar-refractivity contribution in [3.63, 3.8) is 0 Å². The lowest BCUT2D eigenvalue weighted by molar-refractivity contribution is 0.0697. The number of rotatable bonds is 4. The number of carboxylic acid groups (broad SMARTS) is 1. The molecule has 0 spiro atoms. The minimum absolute atomic E-state index is 0.00577. The minimum atomic E-state index is -1.06. The smallest absolute Gasteiger partial charge is 0.335 e.